The molecule has 4 heteroatoms. The lowest BCUT2D eigenvalue weighted by Crippen LogP contribution is -2.50. The highest BCUT2D eigenvalue weighted by atomic mass is 32.2. The van der Waals surface area contributed by atoms with Gasteiger partial charge in [-0.25, -0.2) is 0 Å². The fraction of sp³-hybridized carbons (Fsp3) is 0.462. The van der Waals surface area contributed by atoms with Gasteiger partial charge in [-0.2, -0.15) is 0 Å². The zero-order valence-corrected chi connectivity index (χ0v) is 10.8. The molecule has 0 spiro atoms. The van der Waals surface area contributed by atoms with E-state index < -0.39 is 0 Å². The fourth-order valence-electron chi connectivity index (χ4n) is 1.68. The molecule has 1 fully saturated rings. The Labute approximate surface area is 106 Å². The van der Waals surface area contributed by atoms with E-state index in [4.69, 9.17) is 0 Å². The Bertz CT molecular complexity index is 374. The molecular formula is C13H18N2OS. The van der Waals surface area contributed by atoms with Crippen molar-refractivity contribution in [1.29, 1.82) is 0 Å². The van der Waals surface area contributed by atoms with E-state index in [9.17, 15) is 4.79 Å². The van der Waals surface area contributed by atoms with Crippen LogP contribution in [0.25, 0.3) is 0 Å². The van der Waals surface area contributed by atoms with Crippen molar-refractivity contribution in [2.75, 3.05) is 18.8 Å². The molecule has 92 valence electrons. The molecule has 1 aromatic rings. The van der Waals surface area contributed by atoms with Gasteiger partial charge in [-0.15, -0.1) is 11.8 Å². The summed E-state index contributed by atoms with van der Waals surface area (Å²) in [6.07, 6.45) is 0. The number of rotatable bonds is 5. The van der Waals surface area contributed by atoms with Crippen molar-refractivity contribution in [2.45, 2.75) is 18.4 Å². The van der Waals surface area contributed by atoms with E-state index in [0.29, 0.717) is 6.54 Å². The lowest BCUT2D eigenvalue weighted by molar-refractivity contribution is -0.126. The van der Waals surface area contributed by atoms with Crippen LogP contribution in [-0.4, -0.2) is 24.7 Å². The fourth-order valence-corrected chi connectivity index (χ4v) is 2.34. The summed E-state index contributed by atoms with van der Waals surface area (Å²) < 4.78 is 0. The maximum atomic E-state index is 11.6. The molecule has 1 aliphatic heterocycles. The predicted molar refractivity (Wildman–Crippen MR) is 71.0 cm³/mol. The van der Waals surface area contributed by atoms with Crippen LogP contribution in [0.4, 0.5) is 0 Å². The predicted octanol–water partition coefficient (Wildman–Crippen LogP) is 1.63. The van der Waals surface area contributed by atoms with Gasteiger partial charge in [0.1, 0.15) is 0 Å². The molecule has 17 heavy (non-hydrogen) atoms. The van der Waals surface area contributed by atoms with Crippen LogP contribution in [0, 0.1) is 5.92 Å². The van der Waals surface area contributed by atoms with Crippen LogP contribution in [0.2, 0.25) is 0 Å². The highest BCUT2D eigenvalue weighted by Crippen LogP contribution is 2.17. The minimum absolute atomic E-state index is 0.163. The minimum Gasteiger partial charge on any atom is -0.352 e. The number of nitrogens with one attached hydrogen (secondary N) is 2. The van der Waals surface area contributed by atoms with E-state index in [1.807, 2.05) is 11.8 Å². The largest absolute Gasteiger partial charge is 0.352 e. The molecule has 0 unspecified atom stereocenters. The van der Waals surface area contributed by atoms with E-state index >= 15 is 0 Å². The summed E-state index contributed by atoms with van der Waals surface area (Å²) in [4.78, 5) is 12.9. The zero-order valence-electron chi connectivity index (χ0n) is 10.0. The number of hydrogen-bond acceptors (Lipinski definition) is 3. The summed E-state index contributed by atoms with van der Waals surface area (Å²) in [5.74, 6) is 1.42. The van der Waals surface area contributed by atoms with E-state index in [0.717, 1.165) is 24.4 Å². The molecule has 1 heterocycles. The van der Waals surface area contributed by atoms with Gasteiger partial charge in [-0.3, -0.25) is 4.79 Å². The van der Waals surface area contributed by atoms with Gasteiger partial charge in [-0.1, -0.05) is 19.1 Å². The summed E-state index contributed by atoms with van der Waals surface area (Å²) in [6.45, 7) is 4.41. The van der Waals surface area contributed by atoms with Crippen LogP contribution in [-0.2, 0) is 11.3 Å². The van der Waals surface area contributed by atoms with Gasteiger partial charge in [0.2, 0.25) is 5.91 Å². The summed E-state index contributed by atoms with van der Waals surface area (Å²) >= 11 is 1.83. The summed E-state index contributed by atoms with van der Waals surface area (Å²) in [5, 5.41) is 6.06. The van der Waals surface area contributed by atoms with Gasteiger partial charge in [0.15, 0.2) is 0 Å². The van der Waals surface area contributed by atoms with Gasteiger partial charge in [0.05, 0.1) is 5.92 Å². The van der Waals surface area contributed by atoms with Crippen molar-refractivity contribution in [1.82, 2.24) is 10.6 Å². The van der Waals surface area contributed by atoms with Crippen molar-refractivity contribution in [3.05, 3.63) is 29.8 Å². The Morgan fingerprint density at radius 3 is 2.65 bits per heavy atom. The molecule has 0 aliphatic carbocycles. The third kappa shape index (κ3) is 3.48. The van der Waals surface area contributed by atoms with E-state index in [-0.39, 0.29) is 11.8 Å². The molecular weight excluding hydrogens is 232 g/mol. The second-order valence-corrected chi connectivity index (χ2v) is 5.49. The average Bonchev–Trinajstić information content (AvgIpc) is 2.26. The quantitative estimate of drug-likeness (QED) is 0.781. The first kappa shape index (κ1) is 12.5. The first-order valence-corrected chi connectivity index (χ1v) is 6.98. The smallest absolute Gasteiger partial charge is 0.225 e. The molecule has 0 saturated carbocycles. The second kappa shape index (κ2) is 6.07. The first-order chi connectivity index (χ1) is 8.29. The molecule has 1 amide bonds. The monoisotopic (exact) mass is 250 g/mol. The van der Waals surface area contributed by atoms with Crippen LogP contribution in [0.3, 0.4) is 0 Å². The molecule has 0 bridgehead atoms. The highest BCUT2D eigenvalue weighted by molar-refractivity contribution is 7.99. The molecule has 1 aliphatic rings. The van der Waals surface area contributed by atoms with E-state index in [1.54, 1.807) is 0 Å². The Morgan fingerprint density at radius 2 is 2.12 bits per heavy atom. The molecule has 1 aromatic carbocycles. The van der Waals surface area contributed by atoms with Crippen LogP contribution < -0.4 is 10.6 Å². The average molecular weight is 250 g/mol. The first-order valence-electron chi connectivity index (χ1n) is 5.99. The maximum absolute atomic E-state index is 11.6. The van der Waals surface area contributed by atoms with Gasteiger partial charge < -0.3 is 10.6 Å². The number of benzene rings is 1. The van der Waals surface area contributed by atoms with Crippen molar-refractivity contribution in [3.63, 3.8) is 0 Å². The Balaban J connectivity index is 1.80. The molecule has 2 rings (SSSR count). The van der Waals surface area contributed by atoms with Crippen LogP contribution in [0.1, 0.15) is 12.5 Å². The highest BCUT2D eigenvalue weighted by Gasteiger charge is 2.24. The van der Waals surface area contributed by atoms with Crippen molar-refractivity contribution in [2.24, 2.45) is 5.92 Å². The number of carbonyl (C=O) groups is 1. The van der Waals surface area contributed by atoms with E-state index in [2.05, 4.69) is 41.8 Å². The topological polar surface area (TPSA) is 41.1 Å². The standard InChI is InChI=1S/C13H18N2OS/c1-2-17-12-5-3-10(4-6-12)7-15-13(16)11-8-14-9-11/h3-6,11,14H,2,7-9H2,1H3,(H,15,16). The zero-order chi connectivity index (χ0) is 12.1. The number of thioether (sulfide) groups is 1. The molecule has 3 nitrogen and oxygen atoms in total. The molecule has 0 aromatic heterocycles. The third-order valence-electron chi connectivity index (χ3n) is 2.85. The Hall–Kier alpha value is -1.00. The van der Waals surface area contributed by atoms with Crippen molar-refractivity contribution in [3.8, 4) is 0 Å². The van der Waals surface area contributed by atoms with Crippen LogP contribution >= 0.6 is 11.8 Å². The number of amides is 1. The second-order valence-electron chi connectivity index (χ2n) is 4.15. The number of hydrogen-bond donors (Lipinski definition) is 2. The van der Waals surface area contributed by atoms with Gasteiger partial charge in [0.25, 0.3) is 0 Å². The third-order valence-corrected chi connectivity index (χ3v) is 3.75. The molecule has 2 N–H and O–H groups in total. The SMILES string of the molecule is CCSc1ccc(CNC(=O)C2CNC2)cc1. The van der Waals surface area contributed by atoms with Gasteiger partial charge in [0, 0.05) is 24.5 Å². The lowest BCUT2D eigenvalue weighted by Gasteiger charge is -2.25. The molecule has 1 saturated heterocycles. The summed E-state index contributed by atoms with van der Waals surface area (Å²) in [6, 6.07) is 8.38. The van der Waals surface area contributed by atoms with Gasteiger partial charge in [-0.05, 0) is 23.4 Å². The summed E-state index contributed by atoms with van der Waals surface area (Å²) in [5.41, 5.74) is 1.16. The number of carbonyl (C=O) groups excluding carboxylic acids is 1. The summed E-state index contributed by atoms with van der Waals surface area (Å²) in [7, 11) is 0. The Kier molecular flexibility index (Phi) is 4.45. The van der Waals surface area contributed by atoms with E-state index in [1.165, 1.54) is 4.90 Å². The minimum atomic E-state index is 0.163. The molecule has 0 radical (unpaired) electrons. The Morgan fingerprint density at radius 1 is 1.41 bits per heavy atom. The maximum Gasteiger partial charge on any atom is 0.225 e. The normalized spacial score (nSPS) is 15.4. The lowest BCUT2D eigenvalue weighted by atomic mass is 10.0. The van der Waals surface area contributed by atoms with Crippen LogP contribution in [0.15, 0.2) is 29.2 Å². The van der Waals surface area contributed by atoms with Crippen LogP contribution in [0.5, 0.6) is 0 Å². The van der Waals surface area contributed by atoms with Gasteiger partial charge >= 0.3 is 0 Å². The molecule has 0 atom stereocenters. The van der Waals surface area contributed by atoms with Crippen molar-refractivity contribution < 1.29 is 4.79 Å². The van der Waals surface area contributed by atoms with Crippen molar-refractivity contribution >= 4 is 17.7 Å².